The van der Waals surface area contributed by atoms with Crippen molar-refractivity contribution in [1.82, 2.24) is 25.5 Å². The summed E-state index contributed by atoms with van der Waals surface area (Å²) in [6.45, 7) is 3.21. The number of aromatic nitrogens is 2. The first-order chi connectivity index (χ1) is 9.25. The molecule has 1 fully saturated rings. The van der Waals surface area contributed by atoms with E-state index in [9.17, 15) is 4.79 Å². The van der Waals surface area contributed by atoms with Gasteiger partial charge in [-0.15, -0.1) is 0 Å². The molecular formula is C13H23N5O. The summed E-state index contributed by atoms with van der Waals surface area (Å²) in [4.78, 5) is 21.1. The van der Waals surface area contributed by atoms with Crippen LogP contribution in [-0.2, 0) is 11.2 Å². The molecule has 0 aliphatic carbocycles. The highest BCUT2D eigenvalue weighted by Gasteiger charge is 2.19. The van der Waals surface area contributed by atoms with Crippen LogP contribution in [0.25, 0.3) is 0 Å². The minimum atomic E-state index is 0.0904. The second-order valence-electron chi connectivity index (χ2n) is 5.03. The summed E-state index contributed by atoms with van der Waals surface area (Å²) in [5.74, 6) is 1.000. The van der Waals surface area contributed by atoms with Crippen molar-refractivity contribution >= 4 is 5.91 Å². The number of H-pyrrole nitrogens is 1. The highest BCUT2D eigenvalue weighted by molar-refractivity contribution is 5.78. The first kappa shape index (κ1) is 14.0. The molecule has 1 aromatic heterocycles. The lowest BCUT2D eigenvalue weighted by molar-refractivity contribution is -0.122. The van der Waals surface area contributed by atoms with Crippen LogP contribution in [0, 0.1) is 0 Å². The summed E-state index contributed by atoms with van der Waals surface area (Å²) < 4.78 is 0. The second kappa shape index (κ2) is 7.25. The Labute approximate surface area is 114 Å². The van der Waals surface area contributed by atoms with Gasteiger partial charge in [-0.05, 0) is 33.0 Å². The van der Waals surface area contributed by atoms with Crippen molar-refractivity contribution in [2.24, 2.45) is 0 Å². The highest BCUT2D eigenvalue weighted by atomic mass is 16.2. The van der Waals surface area contributed by atoms with Gasteiger partial charge in [-0.2, -0.15) is 0 Å². The predicted molar refractivity (Wildman–Crippen MR) is 73.8 cm³/mol. The van der Waals surface area contributed by atoms with Crippen molar-refractivity contribution in [3.63, 3.8) is 0 Å². The zero-order valence-electron chi connectivity index (χ0n) is 11.5. The van der Waals surface area contributed by atoms with E-state index in [4.69, 9.17) is 0 Å². The van der Waals surface area contributed by atoms with Gasteiger partial charge in [0.2, 0.25) is 5.91 Å². The number of hydrogen-bond acceptors (Lipinski definition) is 4. The molecule has 0 radical (unpaired) electrons. The van der Waals surface area contributed by atoms with E-state index in [1.807, 2.05) is 7.05 Å². The number of piperidine rings is 1. The van der Waals surface area contributed by atoms with E-state index in [1.165, 1.54) is 0 Å². The van der Waals surface area contributed by atoms with Crippen LogP contribution in [0.5, 0.6) is 0 Å². The first-order valence-corrected chi connectivity index (χ1v) is 6.91. The van der Waals surface area contributed by atoms with E-state index < -0.39 is 0 Å². The Morgan fingerprint density at radius 2 is 2.32 bits per heavy atom. The van der Waals surface area contributed by atoms with E-state index in [-0.39, 0.29) is 5.91 Å². The van der Waals surface area contributed by atoms with Crippen LogP contribution >= 0.6 is 0 Å². The molecule has 0 aromatic carbocycles. The monoisotopic (exact) mass is 265 g/mol. The molecule has 0 saturated carbocycles. The van der Waals surface area contributed by atoms with Crippen LogP contribution in [0.2, 0.25) is 0 Å². The Hall–Kier alpha value is -1.40. The quantitative estimate of drug-likeness (QED) is 0.663. The average molecular weight is 265 g/mol. The Morgan fingerprint density at radius 3 is 3.00 bits per heavy atom. The topological polar surface area (TPSA) is 73.0 Å². The van der Waals surface area contributed by atoms with Crippen molar-refractivity contribution in [3.8, 4) is 0 Å². The van der Waals surface area contributed by atoms with Crippen LogP contribution in [0.4, 0.5) is 0 Å². The van der Waals surface area contributed by atoms with Gasteiger partial charge in [-0.1, -0.05) is 0 Å². The van der Waals surface area contributed by atoms with Gasteiger partial charge in [-0.3, -0.25) is 9.69 Å². The molecule has 106 valence electrons. The average Bonchev–Trinajstić information content (AvgIpc) is 2.93. The molecule has 2 rings (SSSR count). The normalized spacial score (nSPS) is 16.7. The molecule has 0 atom stereocenters. The largest absolute Gasteiger partial charge is 0.355 e. The number of carbonyl (C=O) groups is 1. The lowest BCUT2D eigenvalue weighted by atomic mass is 10.1. The fraction of sp³-hybridized carbons (Fsp3) is 0.692. The van der Waals surface area contributed by atoms with Gasteiger partial charge >= 0.3 is 0 Å². The molecule has 0 unspecified atom stereocenters. The van der Waals surface area contributed by atoms with Crippen molar-refractivity contribution in [2.45, 2.75) is 25.3 Å². The Morgan fingerprint density at radius 1 is 1.53 bits per heavy atom. The van der Waals surface area contributed by atoms with E-state index >= 15 is 0 Å². The minimum Gasteiger partial charge on any atom is -0.355 e. The van der Waals surface area contributed by atoms with Crippen LogP contribution < -0.4 is 10.6 Å². The third-order valence-corrected chi connectivity index (χ3v) is 3.56. The van der Waals surface area contributed by atoms with Crippen molar-refractivity contribution < 1.29 is 4.79 Å². The Bertz CT molecular complexity index is 372. The third kappa shape index (κ3) is 4.65. The van der Waals surface area contributed by atoms with Crippen molar-refractivity contribution in [2.75, 3.05) is 33.2 Å². The molecule has 6 heteroatoms. The van der Waals surface area contributed by atoms with Gasteiger partial charge in [0.1, 0.15) is 5.82 Å². The number of nitrogens with zero attached hydrogens (tertiary/aromatic N) is 2. The van der Waals surface area contributed by atoms with Crippen LogP contribution in [-0.4, -0.2) is 60.0 Å². The summed E-state index contributed by atoms with van der Waals surface area (Å²) >= 11 is 0. The maximum absolute atomic E-state index is 11.8. The summed E-state index contributed by atoms with van der Waals surface area (Å²) in [7, 11) is 2.03. The molecule has 0 spiro atoms. The van der Waals surface area contributed by atoms with E-state index in [0.29, 0.717) is 19.1 Å². The lowest BCUT2D eigenvalue weighted by Gasteiger charge is -2.31. The van der Waals surface area contributed by atoms with Gasteiger partial charge in [-0.25, -0.2) is 4.98 Å². The molecule has 2 heterocycles. The van der Waals surface area contributed by atoms with Crippen molar-refractivity contribution in [1.29, 1.82) is 0 Å². The van der Waals surface area contributed by atoms with Crippen LogP contribution in [0.15, 0.2) is 12.4 Å². The Kier molecular flexibility index (Phi) is 5.35. The fourth-order valence-electron chi connectivity index (χ4n) is 2.41. The van der Waals surface area contributed by atoms with Gasteiger partial charge < -0.3 is 15.6 Å². The van der Waals surface area contributed by atoms with Crippen LogP contribution in [0.3, 0.4) is 0 Å². The predicted octanol–water partition coefficient (Wildman–Crippen LogP) is -0.248. The Balaban J connectivity index is 1.63. The zero-order valence-corrected chi connectivity index (χ0v) is 11.5. The molecule has 1 aliphatic rings. The third-order valence-electron chi connectivity index (χ3n) is 3.56. The standard InChI is InChI=1S/C13H23N5O/c1-18(11-2-5-14-6-3-11)10-13(19)17-7-4-12-15-8-9-16-12/h8-9,11,14H,2-7,10H2,1H3,(H,15,16)(H,17,19). The summed E-state index contributed by atoms with van der Waals surface area (Å²) in [6.07, 6.45) is 6.51. The molecule has 1 saturated heterocycles. The number of hydrogen-bond donors (Lipinski definition) is 3. The number of carbonyl (C=O) groups excluding carboxylic acids is 1. The molecule has 1 aliphatic heterocycles. The highest BCUT2D eigenvalue weighted by Crippen LogP contribution is 2.08. The SMILES string of the molecule is CN(CC(=O)NCCc1ncc[nH]1)C1CCNCC1. The summed E-state index contributed by atoms with van der Waals surface area (Å²) in [6, 6.07) is 0.525. The number of imidazole rings is 1. The van der Waals surface area contributed by atoms with Gasteiger partial charge in [0.05, 0.1) is 6.54 Å². The van der Waals surface area contributed by atoms with E-state index in [0.717, 1.165) is 38.2 Å². The summed E-state index contributed by atoms with van der Waals surface area (Å²) in [5.41, 5.74) is 0. The lowest BCUT2D eigenvalue weighted by Crippen LogP contribution is -2.45. The molecular weight excluding hydrogens is 242 g/mol. The maximum atomic E-state index is 11.8. The smallest absolute Gasteiger partial charge is 0.234 e. The molecule has 0 bridgehead atoms. The maximum Gasteiger partial charge on any atom is 0.234 e. The molecule has 6 nitrogen and oxygen atoms in total. The number of likely N-dealkylation sites (N-methyl/N-ethyl adjacent to an activating group) is 1. The van der Waals surface area contributed by atoms with Crippen molar-refractivity contribution in [3.05, 3.63) is 18.2 Å². The number of amides is 1. The summed E-state index contributed by atoms with van der Waals surface area (Å²) in [5, 5.41) is 6.27. The second-order valence-corrected chi connectivity index (χ2v) is 5.03. The van der Waals surface area contributed by atoms with Crippen LogP contribution in [0.1, 0.15) is 18.7 Å². The van der Waals surface area contributed by atoms with Gasteiger partial charge in [0.25, 0.3) is 0 Å². The minimum absolute atomic E-state index is 0.0904. The van der Waals surface area contributed by atoms with Gasteiger partial charge in [0.15, 0.2) is 0 Å². The molecule has 1 aromatic rings. The fourth-order valence-corrected chi connectivity index (χ4v) is 2.41. The molecule has 3 N–H and O–H groups in total. The van der Waals surface area contributed by atoms with Gasteiger partial charge in [0, 0.05) is 31.4 Å². The number of aromatic amines is 1. The molecule has 19 heavy (non-hydrogen) atoms. The number of nitrogens with one attached hydrogen (secondary N) is 3. The molecule has 1 amide bonds. The number of rotatable bonds is 6. The van der Waals surface area contributed by atoms with E-state index in [1.54, 1.807) is 12.4 Å². The first-order valence-electron chi connectivity index (χ1n) is 6.91. The zero-order chi connectivity index (χ0) is 13.5. The van der Waals surface area contributed by atoms with E-state index in [2.05, 4.69) is 25.5 Å².